The van der Waals surface area contributed by atoms with Crippen LogP contribution in [-0.4, -0.2) is 47.8 Å². The molecule has 0 aliphatic heterocycles. The van der Waals surface area contributed by atoms with E-state index in [1.165, 1.54) is 38.5 Å². The van der Waals surface area contributed by atoms with Crippen LogP contribution in [0.4, 0.5) is 0 Å². The first-order valence-electron chi connectivity index (χ1n) is 16.3. The van der Waals surface area contributed by atoms with Crippen LogP contribution in [-0.2, 0) is 18.4 Å². The number of hydrogen-bond acceptors (Lipinski definition) is 6. The average Bonchev–Trinajstić information content (AvgIpc) is 2.97. The predicted molar refractivity (Wildman–Crippen MR) is 175 cm³/mol. The molecular formula is C33H61N2O6P. The zero-order chi connectivity index (χ0) is 31.2. The molecule has 8 nitrogen and oxygen atoms in total. The first-order valence-corrected chi connectivity index (χ1v) is 17.8. The van der Waals surface area contributed by atoms with Gasteiger partial charge < -0.3 is 21.1 Å². The van der Waals surface area contributed by atoms with E-state index in [-0.39, 0.29) is 25.7 Å². The number of rotatable bonds is 29. The van der Waals surface area contributed by atoms with Crippen molar-refractivity contribution >= 4 is 13.7 Å². The fraction of sp³-hybridized carbons (Fsp3) is 0.727. The first kappa shape index (κ1) is 40.5. The lowest BCUT2D eigenvalue weighted by molar-refractivity contribution is -0.123. The number of amides is 1. The summed E-state index contributed by atoms with van der Waals surface area (Å²) < 4.78 is 21.9. The molecule has 3 atom stereocenters. The molecule has 0 aromatic carbocycles. The van der Waals surface area contributed by atoms with Crippen molar-refractivity contribution in [3.05, 3.63) is 48.6 Å². The number of nitrogens with one attached hydrogen (secondary N) is 1. The second-order valence-corrected chi connectivity index (χ2v) is 12.1. The fourth-order valence-electron chi connectivity index (χ4n) is 4.10. The van der Waals surface area contributed by atoms with Gasteiger partial charge in [-0.25, -0.2) is 4.57 Å². The molecule has 42 heavy (non-hydrogen) atoms. The highest BCUT2D eigenvalue weighted by Gasteiger charge is 2.26. The van der Waals surface area contributed by atoms with Crippen molar-refractivity contribution in [1.29, 1.82) is 0 Å². The number of phosphoric acid groups is 1. The van der Waals surface area contributed by atoms with Crippen LogP contribution in [0.2, 0.25) is 0 Å². The van der Waals surface area contributed by atoms with E-state index in [9.17, 15) is 19.4 Å². The molecule has 5 N–H and O–H groups in total. The van der Waals surface area contributed by atoms with E-state index >= 15 is 0 Å². The molecule has 1 amide bonds. The molecule has 0 saturated carbocycles. The second kappa shape index (κ2) is 29.5. The standard InChI is InChI=1S/C33H61N2O6P/c1-3-5-7-9-11-13-14-15-16-17-19-21-23-25-27-33(37)35-31(30-41-42(38,39)40-29-28-34)32(36)26-24-22-20-18-12-10-8-6-4-2/h9,11-12,14-15,18,24,26,31-32,36H,3-8,10,13,16-17,19-23,25,27-30,34H2,1-2H3,(H,35,37)(H,38,39)/b11-9-,15-14-,18-12+,26-24+. The molecular weight excluding hydrogens is 551 g/mol. The van der Waals surface area contributed by atoms with Gasteiger partial charge in [0.05, 0.1) is 25.4 Å². The molecule has 0 aliphatic rings. The third-order valence-electron chi connectivity index (χ3n) is 6.63. The smallest absolute Gasteiger partial charge is 0.387 e. The van der Waals surface area contributed by atoms with Gasteiger partial charge in [-0.05, 0) is 57.8 Å². The predicted octanol–water partition coefficient (Wildman–Crippen LogP) is 7.82. The van der Waals surface area contributed by atoms with Gasteiger partial charge in [0.15, 0.2) is 0 Å². The highest BCUT2D eigenvalue weighted by molar-refractivity contribution is 7.47. The Morgan fingerprint density at radius 2 is 1.36 bits per heavy atom. The monoisotopic (exact) mass is 612 g/mol. The molecule has 0 bridgehead atoms. The second-order valence-electron chi connectivity index (χ2n) is 10.7. The van der Waals surface area contributed by atoms with Crippen molar-refractivity contribution in [2.75, 3.05) is 19.8 Å². The molecule has 0 aromatic heterocycles. The molecule has 0 aliphatic carbocycles. The summed E-state index contributed by atoms with van der Waals surface area (Å²) in [6.45, 7) is 3.96. The Morgan fingerprint density at radius 3 is 2.05 bits per heavy atom. The Balaban J connectivity index is 4.46. The zero-order valence-electron chi connectivity index (χ0n) is 26.5. The summed E-state index contributed by atoms with van der Waals surface area (Å²) in [6.07, 6.45) is 33.1. The Hall–Kier alpha value is -1.54. The number of hydrogen-bond donors (Lipinski definition) is 4. The van der Waals surface area contributed by atoms with Crippen LogP contribution in [0.1, 0.15) is 123 Å². The average molecular weight is 613 g/mol. The molecule has 0 saturated heterocycles. The number of nitrogens with two attached hydrogens (primary N) is 1. The summed E-state index contributed by atoms with van der Waals surface area (Å²) in [4.78, 5) is 22.4. The minimum atomic E-state index is -4.33. The van der Waals surface area contributed by atoms with Gasteiger partial charge in [0.1, 0.15) is 0 Å². The molecule has 244 valence electrons. The van der Waals surface area contributed by atoms with Crippen LogP contribution in [0.25, 0.3) is 0 Å². The lowest BCUT2D eigenvalue weighted by Gasteiger charge is -2.23. The maximum atomic E-state index is 12.6. The van der Waals surface area contributed by atoms with Gasteiger partial charge in [-0.1, -0.05) is 107 Å². The van der Waals surface area contributed by atoms with Gasteiger partial charge in [-0.15, -0.1) is 0 Å². The SMILES string of the molecule is CCCC/C=C\C/C=C\CCCCCCCC(=O)NC(COP(=O)(O)OCCN)C(O)/C=C/CC/C=C/CCCCC. The third kappa shape index (κ3) is 27.3. The molecule has 3 unspecified atom stereocenters. The summed E-state index contributed by atoms with van der Waals surface area (Å²) in [5, 5.41) is 13.5. The van der Waals surface area contributed by atoms with Crippen molar-refractivity contribution in [1.82, 2.24) is 5.32 Å². The number of phosphoric ester groups is 1. The van der Waals surface area contributed by atoms with Crippen LogP contribution >= 0.6 is 7.82 Å². The largest absolute Gasteiger partial charge is 0.472 e. The lowest BCUT2D eigenvalue weighted by atomic mass is 10.1. The minimum Gasteiger partial charge on any atom is -0.387 e. The van der Waals surface area contributed by atoms with Crippen LogP contribution < -0.4 is 11.1 Å². The summed E-state index contributed by atoms with van der Waals surface area (Å²) in [7, 11) is -4.33. The fourth-order valence-corrected chi connectivity index (χ4v) is 4.86. The van der Waals surface area contributed by atoms with Gasteiger partial charge in [0.2, 0.25) is 5.91 Å². The normalized spacial score (nSPS) is 15.3. The summed E-state index contributed by atoms with van der Waals surface area (Å²) >= 11 is 0. The van der Waals surface area contributed by atoms with E-state index in [0.29, 0.717) is 6.42 Å². The van der Waals surface area contributed by atoms with Crippen molar-refractivity contribution < 1.29 is 28.4 Å². The van der Waals surface area contributed by atoms with E-state index in [2.05, 4.69) is 55.6 Å². The van der Waals surface area contributed by atoms with Crippen molar-refractivity contribution in [2.45, 2.75) is 135 Å². The number of carbonyl (C=O) groups excluding carboxylic acids is 1. The van der Waals surface area contributed by atoms with Crippen molar-refractivity contribution in [2.24, 2.45) is 5.73 Å². The third-order valence-corrected chi connectivity index (χ3v) is 7.61. The molecule has 0 aromatic rings. The lowest BCUT2D eigenvalue weighted by Crippen LogP contribution is -2.45. The van der Waals surface area contributed by atoms with E-state index in [1.54, 1.807) is 6.08 Å². The van der Waals surface area contributed by atoms with E-state index < -0.39 is 20.0 Å². The van der Waals surface area contributed by atoms with Gasteiger partial charge in [-0.2, -0.15) is 0 Å². The van der Waals surface area contributed by atoms with Gasteiger partial charge in [0, 0.05) is 13.0 Å². The van der Waals surface area contributed by atoms with E-state index in [4.69, 9.17) is 14.8 Å². The van der Waals surface area contributed by atoms with Crippen LogP contribution in [0.5, 0.6) is 0 Å². The molecule has 0 rings (SSSR count). The quantitative estimate of drug-likeness (QED) is 0.0385. The highest BCUT2D eigenvalue weighted by atomic mass is 31.2. The molecule has 0 spiro atoms. The number of aliphatic hydroxyl groups excluding tert-OH is 1. The summed E-state index contributed by atoms with van der Waals surface area (Å²) in [5.74, 6) is -0.225. The van der Waals surface area contributed by atoms with E-state index in [1.807, 2.05) is 6.08 Å². The van der Waals surface area contributed by atoms with Crippen LogP contribution in [0.15, 0.2) is 48.6 Å². The van der Waals surface area contributed by atoms with Crippen molar-refractivity contribution in [3.63, 3.8) is 0 Å². The molecule has 0 radical (unpaired) electrons. The number of unbranched alkanes of at least 4 members (excludes halogenated alkanes) is 11. The van der Waals surface area contributed by atoms with Gasteiger partial charge in [0.25, 0.3) is 0 Å². The maximum Gasteiger partial charge on any atom is 0.472 e. The summed E-state index contributed by atoms with van der Waals surface area (Å²) in [5.41, 5.74) is 5.32. The maximum absolute atomic E-state index is 12.6. The number of carbonyl (C=O) groups is 1. The Morgan fingerprint density at radius 1 is 0.786 bits per heavy atom. The summed E-state index contributed by atoms with van der Waals surface area (Å²) in [6, 6.07) is -0.881. The Kier molecular flexibility index (Phi) is 28.4. The molecule has 0 fully saturated rings. The minimum absolute atomic E-state index is 0.0694. The van der Waals surface area contributed by atoms with Gasteiger partial charge in [-0.3, -0.25) is 13.8 Å². The van der Waals surface area contributed by atoms with Crippen LogP contribution in [0, 0.1) is 0 Å². The number of allylic oxidation sites excluding steroid dienone is 7. The molecule has 0 heterocycles. The van der Waals surface area contributed by atoms with Gasteiger partial charge >= 0.3 is 7.82 Å². The Labute approximate surface area is 256 Å². The van der Waals surface area contributed by atoms with Crippen molar-refractivity contribution in [3.8, 4) is 0 Å². The van der Waals surface area contributed by atoms with Crippen LogP contribution in [0.3, 0.4) is 0 Å². The highest BCUT2D eigenvalue weighted by Crippen LogP contribution is 2.43. The molecule has 9 heteroatoms. The Bertz CT molecular complexity index is 799. The topological polar surface area (TPSA) is 131 Å². The number of aliphatic hydroxyl groups is 1. The first-order chi connectivity index (χ1) is 20.4. The van der Waals surface area contributed by atoms with E-state index in [0.717, 1.165) is 64.2 Å². The zero-order valence-corrected chi connectivity index (χ0v) is 27.4.